The zero-order valence-electron chi connectivity index (χ0n) is 8.62. The average Bonchev–Trinajstić information content (AvgIpc) is 2.90. The number of carbonyl (C=O) groups is 1. The lowest BCUT2D eigenvalue weighted by Gasteiger charge is -2.21. The lowest BCUT2D eigenvalue weighted by atomic mass is 10.1. The third-order valence-electron chi connectivity index (χ3n) is 2.73. The summed E-state index contributed by atoms with van der Waals surface area (Å²) in [6.07, 6.45) is 3.43. The number of carbonyl (C=O) groups excluding carboxylic acids is 1. The molecule has 0 saturated heterocycles. The second-order valence-corrected chi connectivity index (χ2v) is 4.00. The Morgan fingerprint density at radius 2 is 2.23 bits per heavy atom. The van der Waals surface area contributed by atoms with E-state index in [1.165, 1.54) is 12.8 Å². The molecule has 1 fully saturated rings. The molecule has 1 aliphatic rings. The minimum atomic E-state index is 0.0312. The number of nitrogens with zero attached hydrogens (tertiary/aromatic N) is 1. The summed E-state index contributed by atoms with van der Waals surface area (Å²) in [5, 5.41) is 0. The van der Waals surface area contributed by atoms with E-state index in [9.17, 15) is 4.79 Å². The first-order chi connectivity index (χ1) is 6.19. The van der Waals surface area contributed by atoms with E-state index in [-0.39, 0.29) is 11.8 Å². The second-order valence-electron chi connectivity index (χ2n) is 4.00. The van der Waals surface area contributed by atoms with Crippen LogP contribution >= 0.6 is 0 Å². The number of rotatable bonds is 5. The Bertz CT molecular complexity index is 174. The molecule has 1 rings (SSSR count). The van der Waals surface area contributed by atoms with Crippen LogP contribution in [0, 0.1) is 11.8 Å². The van der Waals surface area contributed by atoms with Crippen molar-refractivity contribution in [3.8, 4) is 0 Å². The van der Waals surface area contributed by atoms with Gasteiger partial charge < -0.3 is 10.6 Å². The molecule has 1 atom stereocenters. The molecule has 0 aliphatic heterocycles. The van der Waals surface area contributed by atoms with Gasteiger partial charge in [0.1, 0.15) is 0 Å². The average molecular weight is 184 g/mol. The molecule has 0 spiro atoms. The summed E-state index contributed by atoms with van der Waals surface area (Å²) < 4.78 is 0. The fourth-order valence-electron chi connectivity index (χ4n) is 1.53. The van der Waals surface area contributed by atoms with Gasteiger partial charge in [-0.3, -0.25) is 4.79 Å². The molecule has 3 heteroatoms. The van der Waals surface area contributed by atoms with Gasteiger partial charge in [-0.05, 0) is 25.2 Å². The minimum absolute atomic E-state index is 0.0312. The summed E-state index contributed by atoms with van der Waals surface area (Å²) in [4.78, 5) is 13.6. The highest BCUT2D eigenvalue weighted by Gasteiger charge is 2.26. The highest BCUT2D eigenvalue weighted by Crippen LogP contribution is 2.29. The number of nitrogens with two attached hydrogens (primary N) is 1. The fourth-order valence-corrected chi connectivity index (χ4v) is 1.53. The zero-order chi connectivity index (χ0) is 9.84. The number of amides is 1. The molecule has 13 heavy (non-hydrogen) atoms. The Labute approximate surface area is 80.3 Å². The Kier molecular flexibility index (Phi) is 3.72. The third-order valence-corrected chi connectivity index (χ3v) is 2.73. The molecule has 1 aliphatic carbocycles. The molecule has 2 N–H and O–H groups in total. The van der Waals surface area contributed by atoms with Crippen molar-refractivity contribution in [1.29, 1.82) is 0 Å². The van der Waals surface area contributed by atoms with Crippen molar-refractivity contribution in [3.05, 3.63) is 0 Å². The predicted molar refractivity (Wildman–Crippen MR) is 53.2 cm³/mol. The van der Waals surface area contributed by atoms with Crippen LogP contribution in [0.1, 0.15) is 26.2 Å². The SMILES string of the molecule is CCC(CN)C(=O)N(C)CC1CC1. The van der Waals surface area contributed by atoms with Gasteiger partial charge in [-0.2, -0.15) is 0 Å². The van der Waals surface area contributed by atoms with Crippen LogP contribution in [0.3, 0.4) is 0 Å². The topological polar surface area (TPSA) is 46.3 Å². The van der Waals surface area contributed by atoms with Crippen molar-refractivity contribution in [2.45, 2.75) is 26.2 Å². The highest BCUT2D eigenvalue weighted by molar-refractivity contribution is 5.78. The molecule has 76 valence electrons. The minimum Gasteiger partial charge on any atom is -0.345 e. The predicted octanol–water partition coefficient (Wildman–Crippen LogP) is 0.840. The molecule has 0 heterocycles. The molecule has 0 radical (unpaired) electrons. The normalized spacial score (nSPS) is 18.4. The van der Waals surface area contributed by atoms with E-state index in [1.54, 1.807) is 0 Å². The summed E-state index contributed by atoms with van der Waals surface area (Å²) in [6, 6.07) is 0. The maximum absolute atomic E-state index is 11.7. The van der Waals surface area contributed by atoms with Crippen LogP contribution < -0.4 is 5.73 Å². The van der Waals surface area contributed by atoms with E-state index in [2.05, 4.69) is 0 Å². The van der Waals surface area contributed by atoms with Crippen LogP contribution in [-0.2, 0) is 4.79 Å². The van der Waals surface area contributed by atoms with Crippen molar-refractivity contribution >= 4 is 5.91 Å². The van der Waals surface area contributed by atoms with Crippen LogP contribution in [0.4, 0.5) is 0 Å². The van der Waals surface area contributed by atoms with E-state index in [0.29, 0.717) is 6.54 Å². The quantitative estimate of drug-likeness (QED) is 0.688. The van der Waals surface area contributed by atoms with Crippen LogP contribution in [0.5, 0.6) is 0 Å². The van der Waals surface area contributed by atoms with Crippen LogP contribution in [0.25, 0.3) is 0 Å². The maximum Gasteiger partial charge on any atom is 0.226 e. The fraction of sp³-hybridized carbons (Fsp3) is 0.900. The first-order valence-corrected chi connectivity index (χ1v) is 5.14. The Morgan fingerprint density at radius 3 is 2.62 bits per heavy atom. The third kappa shape index (κ3) is 2.99. The summed E-state index contributed by atoms with van der Waals surface area (Å²) in [7, 11) is 1.89. The maximum atomic E-state index is 11.7. The van der Waals surface area contributed by atoms with Crippen LogP contribution in [0.15, 0.2) is 0 Å². The first kappa shape index (κ1) is 10.5. The zero-order valence-corrected chi connectivity index (χ0v) is 8.62. The summed E-state index contributed by atoms with van der Waals surface area (Å²) in [5.74, 6) is 1.02. The molecule has 3 nitrogen and oxygen atoms in total. The van der Waals surface area contributed by atoms with E-state index in [1.807, 2.05) is 18.9 Å². The van der Waals surface area contributed by atoms with Crippen molar-refractivity contribution < 1.29 is 4.79 Å². The molecule has 1 unspecified atom stereocenters. The Morgan fingerprint density at radius 1 is 1.62 bits per heavy atom. The van der Waals surface area contributed by atoms with Crippen LogP contribution in [-0.4, -0.2) is 30.9 Å². The van der Waals surface area contributed by atoms with Gasteiger partial charge >= 0.3 is 0 Å². The monoisotopic (exact) mass is 184 g/mol. The standard InChI is InChI=1S/C10H20N2O/c1-3-9(6-11)10(13)12(2)7-8-4-5-8/h8-9H,3-7,11H2,1-2H3. The summed E-state index contributed by atoms with van der Waals surface area (Å²) >= 11 is 0. The van der Waals surface area contributed by atoms with Crippen molar-refractivity contribution in [2.24, 2.45) is 17.6 Å². The molecule has 1 amide bonds. The largest absolute Gasteiger partial charge is 0.345 e. The second kappa shape index (κ2) is 4.61. The molecule has 0 aromatic heterocycles. The number of hydrogen-bond acceptors (Lipinski definition) is 2. The van der Waals surface area contributed by atoms with E-state index < -0.39 is 0 Å². The lowest BCUT2D eigenvalue weighted by Crippen LogP contribution is -2.37. The smallest absolute Gasteiger partial charge is 0.226 e. The van der Waals surface area contributed by atoms with Gasteiger partial charge in [-0.25, -0.2) is 0 Å². The van der Waals surface area contributed by atoms with E-state index in [4.69, 9.17) is 5.73 Å². The van der Waals surface area contributed by atoms with Gasteiger partial charge in [-0.1, -0.05) is 6.92 Å². The van der Waals surface area contributed by atoms with Gasteiger partial charge in [0, 0.05) is 20.1 Å². The molecule has 1 saturated carbocycles. The van der Waals surface area contributed by atoms with Crippen molar-refractivity contribution in [3.63, 3.8) is 0 Å². The summed E-state index contributed by atoms with van der Waals surface area (Å²) in [5.41, 5.74) is 5.52. The van der Waals surface area contributed by atoms with Crippen molar-refractivity contribution in [1.82, 2.24) is 4.90 Å². The molecular formula is C10H20N2O. The lowest BCUT2D eigenvalue weighted by molar-refractivity contribution is -0.134. The Hall–Kier alpha value is -0.570. The van der Waals surface area contributed by atoms with Gasteiger partial charge in [0.25, 0.3) is 0 Å². The summed E-state index contributed by atoms with van der Waals surface area (Å²) in [6.45, 7) is 3.42. The van der Waals surface area contributed by atoms with E-state index >= 15 is 0 Å². The highest BCUT2D eigenvalue weighted by atomic mass is 16.2. The molecule has 0 bridgehead atoms. The van der Waals surface area contributed by atoms with Gasteiger partial charge in [-0.15, -0.1) is 0 Å². The molecular weight excluding hydrogens is 164 g/mol. The molecule has 0 aromatic carbocycles. The van der Waals surface area contributed by atoms with Gasteiger partial charge in [0.05, 0.1) is 5.92 Å². The van der Waals surface area contributed by atoms with Crippen molar-refractivity contribution in [2.75, 3.05) is 20.1 Å². The van der Waals surface area contributed by atoms with Crippen LogP contribution in [0.2, 0.25) is 0 Å². The van der Waals surface area contributed by atoms with E-state index in [0.717, 1.165) is 18.9 Å². The Balaban J connectivity index is 2.33. The molecule has 0 aromatic rings. The first-order valence-electron chi connectivity index (χ1n) is 5.14. The van der Waals surface area contributed by atoms with Gasteiger partial charge in [0.15, 0.2) is 0 Å². The van der Waals surface area contributed by atoms with Gasteiger partial charge in [0.2, 0.25) is 5.91 Å². The number of hydrogen-bond donors (Lipinski definition) is 1.